The van der Waals surface area contributed by atoms with E-state index in [9.17, 15) is 9.59 Å². The quantitative estimate of drug-likeness (QED) is 0.737. The van der Waals surface area contributed by atoms with Crippen molar-refractivity contribution in [2.75, 3.05) is 6.61 Å². The van der Waals surface area contributed by atoms with Gasteiger partial charge >= 0.3 is 5.97 Å². The Hall–Kier alpha value is -1.27. The Kier molecular flexibility index (Phi) is 6.72. The van der Waals surface area contributed by atoms with E-state index in [1.165, 1.54) is 0 Å². The Balaban J connectivity index is 1.75. The third kappa shape index (κ3) is 5.70. The summed E-state index contributed by atoms with van der Waals surface area (Å²) < 4.78 is 11.1. The first-order valence-corrected chi connectivity index (χ1v) is 8.70. The number of esters is 1. The maximum absolute atomic E-state index is 11.9. The van der Waals surface area contributed by atoms with Crippen molar-refractivity contribution in [3.8, 4) is 5.75 Å². The lowest BCUT2D eigenvalue weighted by molar-refractivity contribution is -0.156. The van der Waals surface area contributed by atoms with Crippen LogP contribution in [0.3, 0.4) is 0 Å². The Morgan fingerprint density at radius 3 is 2.74 bits per heavy atom. The minimum atomic E-state index is -0.833. The van der Waals surface area contributed by atoms with E-state index in [1.54, 1.807) is 25.1 Å². The molecule has 0 bridgehead atoms. The van der Waals surface area contributed by atoms with Crippen molar-refractivity contribution in [2.45, 2.75) is 44.8 Å². The zero-order valence-corrected chi connectivity index (χ0v) is 15.2. The predicted molar refractivity (Wildman–Crippen MR) is 90.6 cm³/mol. The van der Waals surface area contributed by atoms with E-state index >= 15 is 0 Å². The van der Waals surface area contributed by atoms with E-state index in [1.807, 2.05) is 0 Å². The van der Waals surface area contributed by atoms with Crippen LogP contribution in [0.25, 0.3) is 0 Å². The van der Waals surface area contributed by atoms with Gasteiger partial charge in [-0.2, -0.15) is 0 Å². The Labute approximate surface area is 148 Å². The van der Waals surface area contributed by atoms with Crippen LogP contribution in [0, 0.1) is 0 Å². The molecule has 1 amide bonds. The van der Waals surface area contributed by atoms with Crippen LogP contribution in [0.2, 0.25) is 5.02 Å². The second-order valence-corrected chi connectivity index (χ2v) is 6.78. The Morgan fingerprint density at radius 1 is 1.39 bits per heavy atom. The van der Waals surface area contributed by atoms with E-state index in [4.69, 9.17) is 21.1 Å². The zero-order valence-electron chi connectivity index (χ0n) is 12.8. The molecule has 1 atom stereocenters. The number of ether oxygens (including phenoxy) is 2. The zero-order chi connectivity index (χ0) is 16.8. The second kappa shape index (κ2) is 8.55. The number of carbonyl (C=O) groups is 2. The van der Waals surface area contributed by atoms with Gasteiger partial charge in [-0.15, -0.1) is 0 Å². The van der Waals surface area contributed by atoms with Gasteiger partial charge in [-0.3, -0.25) is 4.79 Å². The number of benzene rings is 1. The van der Waals surface area contributed by atoms with E-state index in [-0.39, 0.29) is 18.6 Å². The van der Waals surface area contributed by atoms with Crippen LogP contribution in [0.4, 0.5) is 0 Å². The molecule has 2 rings (SSSR count). The first kappa shape index (κ1) is 18.1. The van der Waals surface area contributed by atoms with Gasteiger partial charge in [-0.1, -0.05) is 24.4 Å². The number of amides is 1. The van der Waals surface area contributed by atoms with Crippen molar-refractivity contribution in [3.63, 3.8) is 0 Å². The molecule has 0 radical (unpaired) electrons. The van der Waals surface area contributed by atoms with Crippen LogP contribution in [0.1, 0.15) is 32.6 Å². The van der Waals surface area contributed by atoms with Crippen LogP contribution >= 0.6 is 27.5 Å². The molecule has 1 fully saturated rings. The summed E-state index contributed by atoms with van der Waals surface area (Å²) in [5.41, 5.74) is 0. The predicted octanol–water partition coefficient (Wildman–Crippen LogP) is 3.47. The standard InChI is InChI=1S/C16H19BrClNO4/c1-10(16(21)19-12-4-2-3-5-12)23-15(20)9-22-14-7-6-11(18)8-13(14)17/h6-8,10,12H,2-5,9H2,1H3,(H,19,21). The highest BCUT2D eigenvalue weighted by molar-refractivity contribution is 9.10. The van der Waals surface area contributed by atoms with Gasteiger partial charge in [0.2, 0.25) is 0 Å². The minimum absolute atomic E-state index is 0.199. The van der Waals surface area contributed by atoms with E-state index < -0.39 is 12.1 Å². The summed E-state index contributed by atoms with van der Waals surface area (Å²) in [6.45, 7) is 1.28. The first-order chi connectivity index (χ1) is 11.0. The summed E-state index contributed by atoms with van der Waals surface area (Å²) in [7, 11) is 0. The van der Waals surface area contributed by atoms with E-state index in [2.05, 4.69) is 21.2 Å². The summed E-state index contributed by atoms with van der Waals surface area (Å²) in [6.07, 6.45) is 3.40. The van der Waals surface area contributed by atoms with Gasteiger partial charge in [-0.25, -0.2) is 4.79 Å². The van der Waals surface area contributed by atoms with Gasteiger partial charge < -0.3 is 14.8 Å². The number of halogens is 2. The molecule has 0 aromatic heterocycles. The summed E-state index contributed by atoms with van der Waals surface area (Å²) in [4.78, 5) is 23.7. The third-order valence-electron chi connectivity index (χ3n) is 3.62. The van der Waals surface area contributed by atoms with Gasteiger partial charge in [0, 0.05) is 11.1 Å². The number of hydrogen-bond acceptors (Lipinski definition) is 4. The molecule has 1 N–H and O–H groups in total. The molecule has 0 aliphatic heterocycles. The fourth-order valence-electron chi connectivity index (χ4n) is 2.40. The smallest absolute Gasteiger partial charge is 0.344 e. The SMILES string of the molecule is CC(OC(=O)COc1ccc(Cl)cc1Br)C(=O)NC1CCCC1. The first-order valence-electron chi connectivity index (χ1n) is 7.53. The number of nitrogens with one attached hydrogen (secondary N) is 1. The van der Waals surface area contributed by atoms with Crippen molar-refractivity contribution in [3.05, 3.63) is 27.7 Å². The maximum Gasteiger partial charge on any atom is 0.344 e. The molecule has 5 nitrogen and oxygen atoms in total. The van der Waals surface area contributed by atoms with Crippen LogP contribution in [0.5, 0.6) is 5.75 Å². The number of rotatable bonds is 6. The van der Waals surface area contributed by atoms with E-state index in [0.29, 0.717) is 15.2 Å². The molecule has 1 unspecified atom stereocenters. The minimum Gasteiger partial charge on any atom is -0.481 e. The highest BCUT2D eigenvalue weighted by Gasteiger charge is 2.23. The van der Waals surface area contributed by atoms with Crippen molar-refractivity contribution < 1.29 is 19.1 Å². The van der Waals surface area contributed by atoms with Gasteiger partial charge in [0.15, 0.2) is 12.7 Å². The van der Waals surface area contributed by atoms with Gasteiger partial charge in [-0.05, 0) is 53.9 Å². The normalized spacial score (nSPS) is 16.0. The summed E-state index contributed by atoms with van der Waals surface area (Å²) in [5, 5.41) is 3.45. The fourth-order valence-corrected chi connectivity index (χ4v) is 3.20. The molecular weight excluding hydrogens is 386 g/mol. The Bertz CT molecular complexity index is 575. The average molecular weight is 405 g/mol. The average Bonchev–Trinajstić information content (AvgIpc) is 2.99. The van der Waals surface area contributed by atoms with Gasteiger partial charge in [0.1, 0.15) is 5.75 Å². The topological polar surface area (TPSA) is 64.6 Å². The summed E-state index contributed by atoms with van der Waals surface area (Å²) >= 11 is 9.13. The van der Waals surface area contributed by atoms with E-state index in [0.717, 1.165) is 25.7 Å². The lowest BCUT2D eigenvalue weighted by Crippen LogP contribution is -2.41. The third-order valence-corrected chi connectivity index (χ3v) is 4.47. The molecule has 0 saturated heterocycles. The molecule has 0 heterocycles. The molecule has 7 heteroatoms. The lowest BCUT2D eigenvalue weighted by atomic mass is 10.2. The van der Waals surface area contributed by atoms with Crippen molar-refractivity contribution >= 4 is 39.4 Å². The van der Waals surface area contributed by atoms with Crippen LogP contribution in [-0.2, 0) is 14.3 Å². The van der Waals surface area contributed by atoms with Gasteiger partial charge in [0.25, 0.3) is 5.91 Å². The fraction of sp³-hybridized carbons (Fsp3) is 0.500. The van der Waals surface area contributed by atoms with Crippen molar-refractivity contribution in [1.29, 1.82) is 0 Å². The number of hydrogen-bond donors (Lipinski definition) is 1. The van der Waals surface area contributed by atoms with Crippen LogP contribution < -0.4 is 10.1 Å². The van der Waals surface area contributed by atoms with Gasteiger partial charge in [0.05, 0.1) is 4.47 Å². The molecule has 1 aromatic rings. The second-order valence-electron chi connectivity index (χ2n) is 5.49. The molecule has 126 valence electrons. The summed E-state index contributed by atoms with van der Waals surface area (Å²) in [5.74, 6) is -0.381. The molecule has 1 aliphatic carbocycles. The molecular formula is C16H19BrClNO4. The summed E-state index contributed by atoms with van der Waals surface area (Å²) in [6, 6.07) is 5.17. The van der Waals surface area contributed by atoms with Crippen LogP contribution in [-0.4, -0.2) is 30.6 Å². The molecule has 1 aromatic carbocycles. The Morgan fingerprint density at radius 2 is 2.09 bits per heavy atom. The molecule has 23 heavy (non-hydrogen) atoms. The maximum atomic E-state index is 11.9. The highest BCUT2D eigenvalue weighted by atomic mass is 79.9. The molecule has 0 spiro atoms. The largest absolute Gasteiger partial charge is 0.481 e. The van der Waals surface area contributed by atoms with Crippen molar-refractivity contribution in [1.82, 2.24) is 5.32 Å². The van der Waals surface area contributed by atoms with Crippen molar-refractivity contribution in [2.24, 2.45) is 0 Å². The molecule has 1 saturated carbocycles. The van der Waals surface area contributed by atoms with Crippen LogP contribution in [0.15, 0.2) is 22.7 Å². The lowest BCUT2D eigenvalue weighted by Gasteiger charge is -2.17. The monoisotopic (exact) mass is 403 g/mol. The highest BCUT2D eigenvalue weighted by Crippen LogP contribution is 2.27. The molecule has 1 aliphatic rings. The number of carbonyl (C=O) groups excluding carboxylic acids is 2.